The number of rotatable bonds is 3. The molecule has 0 bridgehead atoms. The highest BCUT2D eigenvalue weighted by molar-refractivity contribution is 6.31. The highest BCUT2D eigenvalue weighted by atomic mass is 35.5. The van der Waals surface area contributed by atoms with Gasteiger partial charge in [-0.2, -0.15) is 0 Å². The van der Waals surface area contributed by atoms with Crippen molar-refractivity contribution in [1.82, 2.24) is 9.97 Å². The van der Waals surface area contributed by atoms with E-state index in [1.807, 2.05) is 6.92 Å². The third-order valence-electron chi connectivity index (χ3n) is 2.24. The van der Waals surface area contributed by atoms with E-state index in [2.05, 4.69) is 15.3 Å². The van der Waals surface area contributed by atoms with Crippen LogP contribution in [0.15, 0.2) is 30.6 Å². The minimum absolute atomic E-state index is 0.0890. The van der Waals surface area contributed by atoms with Crippen LogP contribution >= 0.6 is 11.6 Å². The van der Waals surface area contributed by atoms with Crippen molar-refractivity contribution in [2.24, 2.45) is 0 Å². The van der Waals surface area contributed by atoms with E-state index in [1.54, 1.807) is 18.2 Å². The fraction of sp³-hybridized carbons (Fsp3) is 0.167. The van der Waals surface area contributed by atoms with Crippen LogP contribution in [0.4, 0.5) is 10.2 Å². The van der Waals surface area contributed by atoms with E-state index in [-0.39, 0.29) is 5.02 Å². The van der Waals surface area contributed by atoms with Crippen LogP contribution in [0.1, 0.15) is 6.92 Å². The maximum Gasteiger partial charge on any atom is 0.141 e. The van der Waals surface area contributed by atoms with Crippen LogP contribution in [0.3, 0.4) is 0 Å². The molecular formula is C12H11ClFN3. The third kappa shape index (κ3) is 2.71. The van der Waals surface area contributed by atoms with Gasteiger partial charge in [0.2, 0.25) is 0 Å². The summed E-state index contributed by atoms with van der Waals surface area (Å²) in [4.78, 5) is 8.20. The Morgan fingerprint density at radius 2 is 2.12 bits per heavy atom. The lowest BCUT2D eigenvalue weighted by molar-refractivity contribution is 0.628. The maximum absolute atomic E-state index is 13.0. The minimum Gasteiger partial charge on any atom is -0.370 e. The first kappa shape index (κ1) is 11.8. The fourth-order valence-corrected chi connectivity index (χ4v) is 1.63. The van der Waals surface area contributed by atoms with Crippen molar-refractivity contribution in [3.8, 4) is 11.3 Å². The Balaban J connectivity index is 2.38. The molecule has 0 aliphatic rings. The zero-order chi connectivity index (χ0) is 12.3. The van der Waals surface area contributed by atoms with Crippen LogP contribution in [-0.2, 0) is 0 Å². The number of nitrogens with zero attached hydrogens (tertiary/aromatic N) is 2. The predicted octanol–water partition coefficient (Wildman–Crippen LogP) is 3.37. The van der Waals surface area contributed by atoms with Crippen LogP contribution in [0.25, 0.3) is 11.3 Å². The molecule has 0 aliphatic carbocycles. The Hall–Kier alpha value is -1.68. The first-order valence-electron chi connectivity index (χ1n) is 5.22. The van der Waals surface area contributed by atoms with Gasteiger partial charge in [-0.3, -0.25) is 0 Å². The summed E-state index contributed by atoms with van der Waals surface area (Å²) >= 11 is 5.73. The Morgan fingerprint density at radius 3 is 2.82 bits per heavy atom. The molecule has 3 nitrogen and oxygen atoms in total. The highest BCUT2D eigenvalue weighted by Crippen LogP contribution is 2.24. The van der Waals surface area contributed by atoms with Gasteiger partial charge in [-0.1, -0.05) is 11.6 Å². The molecule has 0 fully saturated rings. The lowest BCUT2D eigenvalue weighted by Gasteiger charge is -2.05. The van der Waals surface area contributed by atoms with Crippen molar-refractivity contribution < 1.29 is 4.39 Å². The molecule has 2 rings (SSSR count). The number of nitrogens with one attached hydrogen (secondary N) is 1. The quantitative estimate of drug-likeness (QED) is 0.909. The molecule has 0 radical (unpaired) electrons. The normalized spacial score (nSPS) is 10.3. The largest absolute Gasteiger partial charge is 0.370 e. The lowest BCUT2D eigenvalue weighted by Crippen LogP contribution is -1.99. The van der Waals surface area contributed by atoms with Crippen LogP contribution < -0.4 is 5.32 Å². The van der Waals surface area contributed by atoms with E-state index in [0.717, 1.165) is 17.9 Å². The summed E-state index contributed by atoms with van der Waals surface area (Å²) in [7, 11) is 0. The summed E-state index contributed by atoms with van der Waals surface area (Å²) in [5.74, 6) is 0.300. The van der Waals surface area contributed by atoms with E-state index < -0.39 is 5.82 Å². The second-order valence-electron chi connectivity index (χ2n) is 3.45. The molecule has 1 heterocycles. The van der Waals surface area contributed by atoms with Gasteiger partial charge in [-0.05, 0) is 25.1 Å². The number of anilines is 1. The van der Waals surface area contributed by atoms with E-state index in [1.165, 1.54) is 12.4 Å². The second kappa shape index (κ2) is 5.10. The van der Waals surface area contributed by atoms with Gasteiger partial charge in [-0.25, -0.2) is 14.4 Å². The second-order valence-corrected chi connectivity index (χ2v) is 3.85. The van der Waals surface area contributed by atoms with Crippen molar-refractivity contribution in [1.29, 1.82) is 0 Å². The molecule has 1 aromatic carbocycles. The van der Waals surface area contributed by atoms with Gasteiger partial charge in [-0.15, -0.1) is 0 Å². The predicted molar refractivity (Wildman–Crippen MR) is 66.6 cm³/mol. The number of hydrogen-bond donors (Lipinski definition) is 1. The van der Waals surface area contributed by atoms with Gasteiger partial charge in [0.15, 0.2) is 0 Å². The molecule has 1 N–H and O–H groups in total. The number of aromatic nitrogens is 2. The molecule has 0 atom stereocenters. The van der Waals surface area contributed by atoms with Gasteiger partial charge >= 0.3 is 0 Å². The number of hydrogen-bond acceptors (Lipinski definition) is 3. The molecule has 0 saturated heterocycles. The molecule has 88 valence electrons. The van der Waals surface area contributed by atoms with Crippen molar-refractivity contribution >= 4 is 17.4 Å². The van der Waals surface area contributed by atoms with Gasteiger partial charge < -0.3 is 5.32 Å². The van der Waals surface area contributed by atoms with Crippen molar-refractivity contribution in [3.63, 3.8) is 0 Å². The zero-order valence-corrected chi connectivity index (χ0v) is 10.0. The van der Waals surface area contributed by atoms with Crippen LogP contribution in [0, 0.1) is 5.82 Å². The summed E-state index contributed by atoms with van der Waals surface area (Å²) in [5.41, 5.74) is 1.47. The fourth-order valence-electron chi connectivity index (χ4n) is 1.45. The summed E-state index contributed by atoms with van der Waals surface area (Å²) in [6.45, 7) is 2.76. The third-order valence-corrected chi connectivity index (χ3v) is 2.53. The summed E-state index contributed by atoms with van der Waals surface area (Å²) in [6.07, 6.45) is 1.46. The van der Waals surface area contributed by atoms with Crippen molar-refractivity contribution in [3.05, 3.63) is 41.4 Å². The van der Waals surface area contributed by atoms with Gasteiger partial charge in [0, 0.05) is 18.2 Å². The molecule has 0 spiro atoms. The Bertz CT molecular complexity index is 531. The molecule has 2 aromatic rings. The average molecular weight is 252 g/mol. The highest BCUT2D eigenvalue weighted by Gasteiger charge is 2.05. The topological polar surface area (TPSA) is 37.8 Å². The molecule has 0 unspecified atom stereocenters. The number of benzene rings is 1. The van der Waals surface area contributed by atoms with Crippen LogP contribution in [0.2, 0.25) is 5.02 Å². The summed E-state index contributed by atoms with van der Waals surface area (Å²) in [5, 5.41) is 3.17. The van der Waals surface area contributed by atoms with Crippen LogP contribution in [0.5, 0.6) is 0 Å². The molecular weight excluding hydrogens is 241 g/mol. The number of halogens is 2. The van der Waals surface area contributed by atoms with Gasteiger partial charge in [0.1, 0.15) is 18.0 Å². The van der Waals surface area contributed by atoms with E-state index in [9.17, 15) is 4.39 Å². The summed E-state index contributed by atoms with van der Waals surface area (Å²) < 4.78 is 13.0. The Labute approximate surface area is 104 Å². The monoisotopic (exact) mass is 251 g/mol. The Kier molecular flexibility index (Phi) is 3.54. The lowest BCUT2D eigenvalue weighted by atomic mass is 10.1. The van der Waals surface area contributed by atoms with E-state index in [0.29, 0.717) is 5.69 Å². The molecule has 17 heavy (non-hydrogen) atoms. The molecule has 0 aliphatic heterocycles. The smallest absolute Gasteiger partial charge is 0.141 e. The maximum atomic E-state index is 13.0. The average Bonchev–Trinajstić information content (AvgIpc) is 2.33. The standard InChI is InChI=1S/C12H11ClFN3/c1-2-15-12-6-11(16-7-17-12)8-3-4-10(14)9(13)5-8/h3-7H,2H2,1H3,(H,15,16,17). The van der Waals surface area contributed by atoms with Gasteiger partial charge in [0.05, 0.1) is 10.7 Å². The minimum atomic E-state index is -0.434. The molecule has 0 amide bonds. The van der Waals surface area contributed by atoms with Crippen LogP contribution in [-0.4, -0.2) is 16.5 Å². The van der Waals surface area contributed by atoms with E-state index >= 15 is 0 Å². The molecule has 1 aromatic heterocycles. The first-order valence-corrected chi connectivity index (χ1v) is 5.60. The van der Waals surface area contributed by atoms with E-state index in [4.69, 9.17) is 11.6 Å². The van der Waals surface area contributed by atoms with Crippen molar-refractivity contribution in [2.45, 2.75) is 6.92 Å². The SMILES string of the molecule is CCNc1cc(-c2ccc(F)c(Cl)c2)ncn1. The first-order chi connectivity index (χ1) is 8.20. The van der Waals surface area contributed by atoms with Gasteiger partial charge in [0.25, 0.3) is 0 Å². The molecule has 5 heteroatoms. The Morgan fingerprint density at radius 1 is 1.29 bits per heavy atom. The molecule has 0 saturated carbocycles. The van der Waals surface area contributed by atoms with Crippen molar-refractivity contribution in [2.75, 3.05) is 11.9 Å². The zero-order valence-electron chi connectivity index (χ0n) is 9.24. The summed E-state index contributed by atoms with van der Waals surface area (Å²) in [6, 6.07) is 6.31.